The molecule has 9 atom stereocenters. The van der Waals surface area contributed by atoms with E-state index in [2.05, 4.69) is 15.0 Å². The predicted molar refractivity (Wildman–Crippen MR) is 93.9 cm³/mol. The van der Waals surface area contributed by atoms with Gasteiger partial charge in [0.15, 0.2) is 11.2 Å². The van der Waals surface area contributed by atoms with Crippen molar-refractivity contribution in [3.8, 4) is 0 Å². The summed E-state index contributed by atoms with van der Waals surface area (Å²) in [6.45, 7) is -1.47. The van der Waals surface area contributed by atoms with Crippen LogP contribution in [0.25, 0.3) is 11.2 Å². The molecule has 166 valence electrons. The highest BCUT2D eigenvalue weighted by Crippen LogP contribution is 2.44. The van der Waals surface area contributed by atoms with Crippen molar-refractivity contribution < 1.29 is 45.2 Å². The standard InChI is InChI=1S/C16H22N4O10/c21-1-5-8(23)10(25)11(26)13(29-5)16(12(27)9(24)6(2-22)30-16)20-4-19-7-14(20)17-3-18-15(7)28/h3-6,8-13,21-27H,1-2H2,(H,17,18,28)/t5-,6-,8-,9-,10+,11+,12-,13-,16+/m1/s1. The highest BCUT2D eigenvalue weighted by molar-refractivity contribution is 5.69. The lowest BCUT2D eigenvalue weighted by molar-refractivity contribution is -0.309. The molecule has 0 radical (unpaired) electrons. The summed E-state index contributed by atoms with van der Waals surface area (Å²) in [4.78, 5) is 22.3. The number of aliphatic hydroxyl groups is 7. The molecule has 14 heteroatoms. The van der Waals surface area contributed by atoms with Gasteiger partial charge in [0.1, 0.15) is 48.8 Å². The SMILES string of the molecule is O=c1[nH]cnc2c1ncn2[C@]1([C@@H]2O[C@H](CO)[C@@H](O)[C@H](O)[C@@H]2O)O[C@H](CO)[C@@H](O)[C@H]1O. The van der Waals surface area contributed by atoms with Crippen LogP contribution in [0, 0.1) is 0 Å². The summed E-state index contributed by atoms with van der Waals surface area (Å²) in [7, 11) is 0. The Labute approximate surface area is 167 Å². The summed E-state index contributed by atoms with van der Waals surface area (Å²) < 4.78 is 12.4. The van der Waals surface area contributed by atoms with Gasteiger partial charge in [-0.05, 0) is 0 Å². The van der Waals surface area contributed by atoms with E-state index >= 15 is 0 Å². The maximum atomic E-state index is 12.1. The molecular weight excluding hydrogens is 408 g/mol. The third-order valence-electron chi connectivity index (χ3n) is 5.66. The zero-order valence-corrected chi connectivity index (χ0v) is 15.4. The molecule has 0 aromatic carbocycles. The average molecular weight is 430 g/mol. The smallest absolute Gasteiger partial charge is 0.278 e. The van der Waals surface area contributed by atoms with Gasteiger partial charge in [-0.25, -0.2) is 9.97 Å². The number of hydrogen-bond donors (Lipinski definition) is 8. The lowest BCUT2D eigenvalue weighted by atomic mass is 9.86. The molecule has 14 nitrogen and oxygen atoms in total. The summed E-state index contributed by atoms with van der Waals surface area (Å²) in [6, 6.07) is 0. The van der Waals surface area contributed by atoms with Gasteiger partial charge in [0.05, 0.1) is 25.9 Å². The molecule has 0 aliphatic carbocycles. The first kappa shape index (κ1) is 21.2. The third-order valence-corrected chi connectivity index (χ3v) is 5.66. The number of hydrogen-bond acceptors (Lipinski definition) is 12. The summed E-state index contributed by atoms with van der Waals surface area (Å²) in [5, 5.41) is 71.4. The molecule has 2 aliphatic rings. The van der Waals surface area contributed by atoms with E-state index in [-0.39, 0.29) is 11.2 Å². The fraction of sp³-hybridized carbons (Fsp3) is 0.688. The lowest BCUT2D eigenvalue weighted by Gasteiger charge is -2.48. The van der Waals surface area contributed by atoms with Crippen molar-refractivity contribution >= 4 is 11.2 Å². The maximum Gasteiger partial charge on any atom is 0.278 e. The van der Waals surface area contributed by atoms with Crippen LogP contribution in [0.4, 0.5) is 0 Å². The molecule has 2 fully saturated rings. The number of nitrogens with one attached hydrogen (secondary N) is 1. The largest absolute Gasteiger partial charge is 0.394 e. The first-order chi connectivity index (χ1) is 14.3. The van der Waals surface area contributed by atoms with E-state index in [1.54, 1.807) is 0 Å². The van der Waals surface area contributed by atoms with Crippen LogP contribution in [0.15, 0.2) is 17.4 Å². The van der Waals surface area contributed by atoms with E-state index < -0.39 is 73.3 Å². The third kappa shape index (κ3) is 2.81. The Hall–Kier alpha value is -2.01. The van der Waals surface area contributed by atoms with Crippen molar-refractivity contribution in [3.63, 3.8) is 0 Å². The number of H-pyrrole nitrogens is 1. The van der Waals surface area contributed by atoms with E-state index in [9.17, 15) is 40.5 Å². The Morgan fingerprint density at radius 3 is 2.33 bits per heavy atom. The van der Waals surface area contributed by atoms with Crippen LogP contribution in [0.2, 0.25) is 0 Å². The van der Waals surface area contributed by atoms with Crippen LogP contribution in [0.3, 0.4) is 0 Å². The summed E-state index contributed by atoms with van der Waals surface area (Å²) in [5.74, 6) is 0. The Balaban J connectivity index is 1.93. The number of aromatic amines is 1. The van der Waals surface area contributed by atoms with Gasteiger partial charge in [-0.1, -0.05) is 0 Å². The molecule has 0 spiro atoms. The molecule has 2 saturated heterocycles. The normalized spacial score (nSPS) is 42.1. The zero-order valence-electron chi connectivity index (χ0n) is 15.4. The molecule has 8 N–H and O–H groups in total. The Morgan fingerprint density at radius 1 is 1.00 bits per heavy atom. The molecule has 2 aromatic rings. The molecule has 30 heavy (non-hydrogen) atoms. The van der Waals surface area contributed by atoms with Crippen LogP contribution in [0.5, 0.6) is 0 Å². The number of ether oxygens (including phenoxy) is 2. The van der Waals surface area contributed by atoms with E-state index in [4.69, 9.17) is 9.47 Å². The number of aliphatic hydroxyl groups excluding tert-OH is 7. The molecule has 2 aromatic heterocycles. The Bertz CT molecular complexity index is 965. The van der Waals surface area contributed by atoms with E-state index in [1.165, 1.54) is 0 Å². The summed E-state index contributed by atoms with van der Waals surface area (Å²) in [6.07, 6.45) is -11.2. The van der Waals surface area contributed by atoms with Crippen molar-refractivity contribution in [1.29, 1.82) is 0 Å². The molecule has 0 unspecified atom stereocenters. The monoisotopic (exact) mass is 430 g/mol. The number of aromatic nitrogens is 4. The first-order valence-electron chi connectivity index (χ1n) is 9.14. The number of nitrogens with zero attached hydrogens (tertiary/aromatic N) is 3. The Kier molecular flexibility index (Phi) is 5.38. The molecule has 0 amide bonds. The topological polar surface area (TPSA) is 224 Å². The minimum atomic E-state index is -2.24. The molecule has 2 aliphatic heterocycles. The maximum absolute atomic E-state index is 12.1. The van der Waals surface area contributed by atoms with Crippen LogP contribution < -0.4 is 5.56 Å². The van der Waals surface area contributed by atoms with Crippen molar-refractivity contribution in [3.05, 3.63) is 23.0 Å². The van der Waals surface area contributed by atoms with E-state index in [0.717, 1.165) is 17.2 Å². The van der Waals surface area contributed by atoms with E-state index in [0.29, 0.717) is 0 Å². The van der Waals surface area contributed by atoms with Crippen molar-refractivity contribution in [2.75, 3.05) is 13.2 Å². The average Bonchev–Trinajstić information content (AvgIpc) is 3.28. The van der Waals surface area contributed by atoms with Gasteiger partial charge in [-0.3, -0.25) is 9.36 Å². The second-order valence-corrected chi connectivity index (χ2v) is 7.29. The van der Waals surface area contributed by atoms with Gasteiger partial charge in [-0.2, -0.15) is 0 Å². The van der Waals surface area contributed by atoms with Crippen LogP contribution >= 0.6 is 0 Å². The second-order valence-electron chi connectivity index (χ2n) is 7.29. The van der Waals surface area contributed by atoms with Crippen LogP contribution in [0.1, 0.15) is 0 Å². The minimum absolute atomic E-state index is 0.111. The van der Waals surface area contributed by atoms with Crippen LogP contribution in [-0.4, -0.2) is 117 Å². The molecule has 4 rings (SSSR count). The number of rotatable bonds is 4. The van der Waals surface area contributed by atoms with Crippen LogP contribution in [-0.2, 0) is 15.2 Å². The van der Waals surface area contributed by atoms with Gasteiger partial charge in [0.25, 0.3) is 5.56 Å². The quantitative estimate of drug-likeness (QED) is 0.228. The zero-order chi connectivity index (χ0) is 21.8. The number of imidazole rings is 1. The molecule has 0 saturated carbocycles. The lowest BCUT2D eigenvalue weighted by Crippen LogP contribution is -2.68. The predicted octanol–water partition coefficient (Wildman–Crippen LogP) is -5.27. The van der Waals surface area contributed by atoms with Crippen molar-refractivity contribution in [2.24, 2.45) is 0 Å². The molecule has 4 heterocycles. The summed E-state index contributed by atoms with van der Waals surface area (Å²) in [5.41, 5.74) is -3.12. The fourth-order valence-electron chi connectivity index (χ4n) is 4.09. The Morgan fingerprint density at radius 2 is 1.70 bits per heavy atom. The molecule has 0 bridgehead atoms. The second kappa shape index (κ2) is 7.60. The molecular formula is C16H22N4O10. The van der Waals surface area contributed by atoms with Gasteiger partial charge < -0.3 is 50.2 Å². The van der Waals surface area contributed by atoms with Crippen molar-refractivity contribution in [2.45, 2.75) is 54.6 Å². The fourth-order valence-corrected chi connectivity index (χ4v) is 4.09. The van der Waals surface area contributed by atoms with Gasteiger partial charge >= 0.3 is 0 Å². The van der Waals surface area contributed by atoms with Gasteiger partial charge in [0, 0.05) is 0 Å². The van der Waals surface area contributed by atoms with Crippen molar-refractivity contribution in [1.82, 2.24) is 19.5 Å². The number of fused-ring (bicyclic) bond motifs is 1. The summed E-state index contributed by atoms with van der Waals surface area (Å²) >= 11 is 0. The van der Waals surface area contributed by atoms with Gasteiger partial charge in [0.2, 0.25) is 5.72 Å². The first-order valence-corrected chi connectivity index (χ1v) is 9.14. The minimum Gasteiger partial charge on any atom is -0.394 e. The highest BCUT2D eigenvalue weighted by Gasteiger charge is 2.65. The van der Waals surface area contributed by atoms with Gasteiger partial charge in [-0.15, -0.1) is 0 Å². The van der Waals surface area contributed by atoms with E-state index in [1.807, 2.05) is 0 Å². The highest BCUT2D eigenvalue weighted by atomic mass is 16.6.